The van der Waals surface area contributed by atoms with E-state index in [0.717, 1.165) is 12.8 Å². The van der Waals surface area contributed by atoms with Crippen LogP contribution in [0.5, 0.6) is 0 Å². The minimum Gasteiger partial charge on any atom is -0.0842 e. The predicted octanol–water partition coefficient (Wildman–Crippen LogP) is 4.80. The maximum absolute atomic E-state index is 2.33. The highest BCUT2D eigenvalue weighted by Crippen LogP contribution is 2.19. The van der Waals surface area contributed by atoms with Crippen LogP contribution in [0, 0.1) is 0 Å². The van der Waals surface area contributed by atoms with Crippen molar-refractivity contribution in [3.05, 3.63) is 41.0 Å². The summed E-state index contributed by atoms with van der Waals surface area (Å²) in [6, 6.07) is 6.92. The lowest BCUT2D eigenvalue weighted by molar-refractivity contribution is 0.862. The van der Waals surface area contributed by atoms with Crippen molar-refractivity contribution in [2.75, 3.05) is 0 Å². The van der Waals surface area contributed by atoms with Gasteiger partial charge in [0.15, 0.2) is 0 Å². The van der Waals surface area contributed by atoms with Gasteiger partial charge in [-0.15, -0.1) is 0 Å². The standard InChI is InChI=1S/C15H22/c1-5-7-8-14-9-13(6-2)10-15(11-14)12(3)4/h7-12H,5-6H2,1-4H3/b8-7-. The van der Waals surface area contributed by atoms with E-state index < -0.39 is 0 Å². The molecule has 0 heterocycles. The zero-order chi connectivity index (χ0) is 11.3. The van der Waals surface area contributed by atoms with Crippen molar-refractivity contribution in [1.82, 2.24) is 0 Å². The average molecular weight is 202 g/mol. The molecule has 15 heavy (non-hydrogen) atoms. The maximum Gasteiger partial charge on any atom is -0.0219 e. The van der Waals surface area contributed by atoms with Crippen LogP contribution in [0.1, 0.15) is 56.7 Å². The Kier molecular flexibility index (Phi) is 4.61. The topological polar surface area (TPSA) is 0 Å². The van der Waals surface area contributed by atoms with Gasteiger partial charge in [-0.2, -0.15) is 0 Å². The van der Waals surface area contributed by atoms with E-state index in [1.807, 2.05) is 0 Å². The van der Waals surface area contributed by atoms with Gasteiger partial charge >= 0.3 is 0 Å². The van der Waals surface area contributed by atoms with E-state index in [1.54, 1.807) is 0 Å². The summed E-state index contributed by atoms with van der Waals surface area (Å²) in [7, 11) is 0. The van der Waals surface area contributed by atoms with E-state index in [2.05, 4.69) is 58.0 Å². The van der Waals surface area contributed by atoms with Gasteiger partial charge in [0, 0.05) is 0 Å². The van der Waals surface area contributed by atoms with Crippen LogP contribution >= 0.6 is 0 Å². The van der Waals surface area contributed by atoms with E-state index in [9.17, 15) is 0 Å². The van der Waals surface area contributed by atoms with Crippen LogP contribution in [-0.4, -0.2) is 0 Å². The van der Waals surface area contributed by atoms with Crippen LogP contribution in [0.15, 0.2) is 24.3 Å². The molecule has 0 aliphatic carbocycles. The molecule has 0 aromatic heterocycles. The highest BCUT2D eigenvalue weighted by Gasteiger charge is 2.01. The Morgan fingerprint density at radius 3 is 2.40 bits per heavy atom. The Hall–Kier alpha value is -1.04. The Morgan fingerprint density at radius 1 is 1.13 bits per heavy atom. The Morgan fingerprint density at radius 2 is 1.87 bits per heavy atom. The smallest absolute Gasteiger partial charge is 0.0219 e. The summed E-state index contributed by atoms with van der Waals surface area (Å²) in [6.07, 6.45) is 6.67. The molecule has 0 aliphatic rings. The summed E-state index contributed by atoms with van der Waals surface area (Å²) in [4.78, 5) is 0. The fraction of sp³-hybridized carbons (Fsp3) is 0.467. The molecule has 0 bridgehead atoms. The summed E-state index contributed by atoms with van der Waals surface area (Å²) in [6.45, 7) is 8.89. The molecule has 0 radical (unpaired) electrons. The van der Waals surface area contributed by atoms with E-state index >= 15 is 0 Å². The van der Waals surface area contributed by atoms with Crippen molar-refractivity contribution >= 4 is 6.08 Å². The molecule has 0 amide bonds. The maximum atomic E-state index is 2.33. The van der Waals surface area contributed by atoms with Gasteiger partial charge in [-0.1, -0.05) is 58.0 Å². The van der Waals surface area contributed by atoms with E-state index in [1.165, 1.54) is 16.7 Å². The van der Waals surface area contributed by atoms with Gasteiger partial charge in [-0.3, -0.25) is 0 Å². The third-order valence-corrected chi connectivity index (χ3v) is 2.66. The molecule has 0 N–H and O–H groups in total. The largest absolute Gasteiger partial charge is 0.0842 e. The summed E-state index contributed by atoms with van der Waals surface area (Å²) in [5.74, 6) is 0.616. The molecule has 0 heteroatoms. The summed E-state index contributed by atoms with van der Waals surface area (Å²) < 4.78 is 0. The van der Waals surface area contributed by atoms with Crippen LogP contribution in [0.3, 0.4) is 0 Å². The number of rotatable bonds is 4. The first-order valence-electron chi connectivity index (χ1n) is 5.97. The van der Waals surface area contributed by atoms with E-state index in [0.29, 0.717) is 5.92 Å². The van der Waals surface area contributed by atoms with Gasteiger partial charge in [0.2, 0.25) is 0 Å². The Bertz CT molecular complexity index is 332. The van der Waals surface area contributed by atoms with Crippen molar-refractivity contribution in [2.45, 2.75) is 46.5 Å². The second-order valence-electron chi connectivity index (χ2n) is 4.33. The molecule has 0 atom stereocenters. The molecular formula is C15H22. The van der Waals surface area contributed by atoms with Gasteiger partial charge in [0.1, 0.15) is 0 Å². The van der Waals surface area contributed by atoms with Crippen LogP contribution < -0.4 is 0 Å². The lowest BCUT2D eigenvalue weighted by Crippen LogP contribution is -1.91. The second kappa shape index (κ2) is 5.75. The van der Waals surface area contributed by atoms with Gasteiger partial charge in [0.05, 0.1) is 0 Å². The monoisotopic (exact) mass is 202 g/mol. The first-order valence-corrected chi connectivity index (χ1v) is 5.97. The highest BCUT2D eigenvalue weighted by atomic mass is 14.1. The number of allylic oxidation sites excluding steroid dienone is 1. The molecule has 0 nitrogen and oxygen atoms in total. The predicted molar refractivity (Wildman–Crippen MR) is 69.2 cm³/mol. The summed E-state index contributed by atoms with van der Waals surface area (Å²) in [5.41, 5.74) is 4.24. The van der Waals surface area contributed by atoms with Crippen molar-refractivity contribution in [3.8, 4) is 0 Å². The SMILES string of the molecule is CC/C=C\c1cc(CC)cc(C(C)C)c1. The second-order valence-corrected chi connectivity index (χ2v) is 4.33. The number of hydrogen-bond acceptors (Lipinski definition) is 0. The molecule has 0 unspecified atom stereocenters. The summed E-state index contributed by atoms with van der Waals surface area (Å²) >= 11 is 0. The van der Waals surface area contributed by atoms with Gasteiger partial charge in [-0.05, 0) is 35.4 Å². The molecular weight excluding hydrogens is 180 g/mol. The first-order chi connectivity index (χ1) is 7.17. The molecule has 1 aromatic carbocycles. The third-order valence-electron chi connectivity index (χ3n) is 2.66. The lowest BCUT2D eigenvalue weighted by Gasteiger charge is -2.09. The van der Waals surface area contributed by atoms with Crippen molar-refractivity contribution in [2.24, 2.45) is 0 Å². The van der Waals surface area contributed by atoms with Crippen LogP contribution in [-0.2, 0) is 6.42 Å². The molecule has 0 spiro atoms. The fourth-order valence-corrected chi connectivity index (χ4v) is 1.63. The zero-order valence-electron chi connectivity index (χ0n) is 10.4. The number of aryl methyl sites for hydroxylation is 1. The number of hydrogen-bond donors (Lipinski definition) is 0. The number of benzene rings is 1. The zero-order valence-corrected chi connectivity index (χ0v) is 10.4. The Balaban J connectivity index is 3.05. The fourth-order valence-electron chi connectivity index (χ4n) is 1.63. The van der Waals surface area contributed by atoms with E-state index in [-0.39, 0.29) is 0 Å². The molecule has 0 fully saturated rings. The molecule has 0 saturated heterocycles. The first kappa shape index (κ1) is 12.0. The van der Waals surface area contributed by atoms with Crippen molar-refractivity contribution < 1.29 is 0 Å². The quantitative estimate of drug-likeness (QED) is 0.658. The third kappa shape index (κ3) is 3.54. The molecule has 1 aromatic rings. The molecule has 82 valence electrons. The molecule has 1 rings (SSSR count). The summed E-state index contributed by atoms with van der Waals surface area (Å²) in [5, 5.41) is 0. The highest BCUT2D eigenvalue weighted by molar-refractivity contribution is 5.52. The average Bonchev–Trinajstić information content (AvgIpc) is 2.25. The minimum atomic E-state index is 0.616. The normalized spacial score (nSPS) is 11.5. The van der Waals surface area contributed by atoms with Crippen LogP contribution in [0.4, 0.5) is 0 Å². The minimum absolute atomic E-state index is 0.616. The van der Waals surface area contributed by atoms with Crippen LogP contribution in [0.2, 0.25) is 0 Å². The van der Waals surface area contributed by atoms with E-state index in [4.69, 9.17) is 0 Å². The van der Waals surface area contributed by atoms with Gasteiger partial charge in [-0.25, -0.2) is 0 Å². The molecule has 0 aliphatic heterocycles. The van der Waals surface area contributed by atoms with Crippen molar-refractivity contribution in [1.29, 1.82) is 0 Å². The van der Waals surface area contributed by atoms with Crippen molar-refractivity contribution in [3.63, 3.8) is 0 Å². The Labute approximate surface area is 94.0 Å². The van der Waals surface area contributed by atoms with Gasteiger partial charge < -0.3 is 0 Å². The van der Waals surface area contributed by atoms with Gasteiger partial charge in [0.25, 0.3) is 0 Å². The molecule has 0 saturated carbocycles. The lowest BCUT2D eigenvalue weighted by atomic mass is 9.96. The van der Waals surface area contributed by atoms with Crippen LogP contribution in [0.25, 0.3) is 6.08 Å².